The van der Waals surface area contributed by atoms with Gasteiger partial charge >= 0.3 is 0 Å². The van der Waals surface area contributed by atoms with E-state index < -0.39 is 0 Å². The van der Waals surface area contributed by atoms with Crippen LogP contribution in [0.25, 0.3) is 0 Å². The van der Waals surface area contributed by atoms with Crippen molar-refractivity contribution < 1.29 is 0 Å². The third-order valence-electron chi connectivity index (χ3n) is 1.06. The number of nitrogens with zero attached hydrogens (tertiary/aromatic N) is 1. The Kier molecular flexibility index (Phi) is 7.64. The zero-order valence-corrected chi connectivity index (χ0v) is 10.6. The number of rotatable bonds is 5. The van der Waals surface area contributed by atoms with Gasteiger partial charge in [0.1, 0.15) is 0 Å². The molecule has 0 rings (SSSR count). The smallest absolute Gasteiger partial charge is 0.0509 e. The molecule has 0 aromatic carbocycles. The molecule has 1 nitrogen and oxygen atoms in total. The Bertz CT molecular complexity index is 104. The van der Waals surface area contributed by atoms with Gasteiger partial charge in [-0.3, -0.25) is 4.90 Å². The van der Waals surface area contributed by atoms with Crippen LogP contribution in [0.2, 0.25) is 0 Å². The topological polar surface area (TPSA) is 3.24 Å². The monoisotopic (exact) mass is 365 g/mol. The molecule has 0 unspecified atom stereocenters. The lowest BCUT2D eigenvalue weighted by molar-refractivity contribution is 0.382. The Morgan fingerprint density at radius 3 is 2.40 bits per heavy atom. The van der Waals surface area contributed by atoms with Crippen molar-refractivity contribution >= 4 is 45.2 Å². The minimum Gasteiger partial charge on any atom is -0.290 e. The summed E-state index contributed by atoms with van der Waals surface area (Å²) in [4.78, 5) is 2.38. The Balaban J connectivity index is 3.49. The first-order valence-electron chi connectivity index (χ1n) is 3.19. The molecule has 0 heterocycles. The average molecular weight is 365 g/mol. The van der Waals surface area contributed by atoms with E-state index in [1.54, 1.807) is 0 Å². The van der Waals surface area contributed by atoms with Gasteiger partial charge in [0.25, 0.3) is 0 Å². The molecule has 10 heavy (non-hydrogen) atoms. The molecule has 0 aliphatic carbocycles. The van der Waals surface area contributed by atoms with E-state index in [0.717, 1.165) is 11.1 Å². The summed E-state index contributed by atoms with van der Waals surface area (Å²) in [5.74, 6) is 0. The molecule has 0 radical (unpaired) electrons. The molecule has 0 atom stereocenters. The van der Waals surface area contributed by atoms with Crippen LogP contribution in [-0.4, -0.2) is 27.0 Å². The maximum absolute atomic E-state index is 3.88. The predicted octanol–water partition coefficient (Wildman–Crippen LogP) is 2.69. The van der Waals surface area contributed by atoms with E-state index in [1.165, 1.54) is 16.5 Å². The molecule has 0 aliphatic rings. The van der Waals surface area contributed by atoms with Crippen LogP contribution in [0.5, 0.6) is 0 Å². The molecule has 0 spiro atoms. The molecular formula is C7H13I2N. The van der Waals surface area contributed by atoms with Crippen molar-refractivity contribution in [3.05, 3.63) is 12.2 Å². The molecule has 0 bridgehead atoms. The van der Waals surface area contributed by atoms with Crippen LogP contribution < -0.4 is 0 Å². The molecule has 0 amide bonds. The molecule has 0 N–H and O–H groups in total. The van der Waals surface area contributed by atoms with Crippen molar-refractivity contribution in [2.24, 2.45) is 0 Å². The van der Waals surface area contributed by atoms with Crippen molar-refractivity contribution in [2.45, 2.75) is 6.92 Å². The zero-order valence-electron chi connectivity index (χ0n) is 6.24. The van der Waals surface area contributed by atoms with Crippen molar-refractivity contribution in [3.8, 4) is 0 Å². The summed E-state index contributed by atoms with van der Waals surface area (Å²) in [5.41, 5.74) is 1.25. The van der Waals surface area contributed by atoms with E-state index in [0.29, 0.717) is 0 Å². The Hall–Kier alpha value is 1.16. The van der Waals surface area contributed by atoms with Gasteiger partial charge in [0.05, 0.1) is 4.55 Å². The van der Waals surface area contributed by atoms with Crippen LogP contribution in [0.4, 0.5) is 0 Å². The van der Waals surface area contributed by atoms with Crippen LogP contribution in [-0.2, 0) is 0 Å². The standard InChI is InChI=1S/C7H13I2N/c1-7(2)5-10(6-9)4-3-8/h1,3-6H2,2H3. The van der Waals surface area contributed by atoms with Crippen LogP contribution in [0.3, 0.4) is 0 Å². The van der Waals surface area contributed by atoms with Crippen LogP contribution in [0.1, 0.15) is 6.92 Å². The highest BCUT2D eigenvalue weighted by atomic mass is 127. The van der Waals surface area contributed by atoms with Gasteiger partial charge in [-0.1, -0.05) is 57.3 Å². The molecule has 3 heteroatoms. The zero-order chi connectivity index (χ0) is 7.98. The minimum absolute atomic E-state index is 1.05. The first-order valence-corrected chi connectivity index (χ1v) is 6.24. The number of hydrogen-bond acceptors (Lipinski definition) is 1. The molecule has 0 fully saturated rings. The highest BCUT2D eigenvalue weighted by Crippen LogP contribution is 2.00. The van der Waals surface area contributed by atoms with E-state index in [9.17, 15) is 0 Å². The Labute approximate surface area is 90.5 Å². The fourth-order valence-corrected chi connectivity index (χ4v) is 1.95. The molecule has 0 saturated carbocycles. The normalized spacial score (nSPS) is 10.4. The maximum Gasteiger partial charge on any atom is 0.0509 e. The maximum atomic E-state index is 3.88. The van der Waals surface area contributed by atoms with Crippen LogP contribution >= 0.6 is 45.2 Å². The van der Waals surface area contributed by atoms with Gasteiger partial charge in [0.15, 0.2) is 0 Å². The van der Waals surface area contributed by atoms with E-state index in [4.69, 9.17) is 0 Å². The largest absolute Gasteiger partial charge is 0.290 e. The highest BCUT2D eigenvalue weighted by Gasteiger charge is 1.99. The second kappa shape index (κ2) is 6.84. The quantitative estimate of drug-likeness (QED) is 0.314. The average Bonchev–Trinajstić information content (AvgIpc) is 1.86. The van der Waals surface area contributed by atoms with Crippen molar-refractivity contribution in [2.75, 3.05) is 22.1 Å². The first kappa shape index (κ1) is 11.2. The summed E-state index contributed by atoms with van der Waals surface area (Å²) in [7, 11) is 0. The molecule has 60 valence electrons. The van der Waals surface area contributed by atoms with Gasteiger partial charge in [0, 0.05) is 17.5 Å². The Morgan fingerprint density at radius 2 is 2.10 bits per heavy atom. The third kappa shape index (κ3) is 5.91. The second-order valence-corrected chi connectivity index (χ2v) is 4.08. The van der Waals surface area contributed by atoms with Crippen molar-refractivity contribution in [1.82, 2.24) is 4.90 Å². The van der Waals surface area contributed by atoms with Gasteiger partial charge in [0.2, 0.25) is 0 Å². The van der Waals surface area contributed by atoms with Gasteiger partial charge < -0.3 is 0 Å². The van der Waals surface area contributed by atoms with Gasteiger partial charge in [-0.25, -0.2) is 0 Å². The van der Waals surface area contributed by atoms with Gasteiger partial charge in [-0.15, -0.1) is 0 Å². The summed E-state index contributed by atoms with van der Waals surface area (Å²) >= 11 is 4.79. The molecule has 0 aromatic heterocycles. The van der Waals surface area contributed by atoms with Gasteiger partial charge in [-0.2, -0.15) is 0 Å². The van der Waals surface area contributed by atoms with Crippen LogP contribution in [0.15, 0.2) is 12.2 Å². The van der Waals surface area contributed by atoms with E-state index in [-0.39, 0.29) is 0 Å². The number of hydrogen-bond donors (Lipinski definition) is 0. The van der Waals surface area contributed by atoms with Crippen LogP contribution in [0, 0.1) is 0 Å². The Morgan fingerprint density at radius 1 is 1.50 bits per heavy atom. The predicted molar refractivity (Wildman–Crippen MR) is 64.2 cm³/mol. The van der Waals surface area contributed by atoms with E-state index >= 15 is 0 Å². The minimum atomic E-state index is 1.05. The third-order valence-corrected chi connectivity index (χ3v) is 2.51. The number of alkyl halides is 2. The molecular weight excluding hydrogens is 352 g/mol. The fraction of sp³-hybridized carbons (Fsp3) is 0.714. The summed E-state index contributed by atoms with van der Waals surface area (Å²) in [6, 6.07) is 0. The lowest BCUT2D eigenvalue weighted by atomic mass is 10.3. The lowest BCUT2D eigenvalue weighted by Crippen LogP contribution is -2.25. The van der Waals surface area contributed by atoms with Crippen molar-refractivity contribution in [1.29, 1.82) is 0 Å². The fourth-order valence-electron chi connectivity index (χ4n) is 0.682. The van der Waals surface area contributed by atoms with Gasteiger partial charge in [-0.05, 0) is 6.92 Å². The number of halogens is 2. The van der Waals surface area contributed by atoms with E-state index in [1.807, 2.05) is 0 Å². The first-order chi connectivity index (χ1) is 4.70. The summed E-state index contributed by atoms with van der Waals surface area (Å²) < 4.78 is 2.31. The summed E-state index contributed by atoms with van der Waals surface area (Å²) in [5, 5.41) is 0. The van der Waals surface area contributed by atoms with E-state index in [2.05, 4.69) is 63.6 Å². The molecule has 0 aromatic rings. The molecule has 0 saturated heterocycles. The summed E-state index contributed by atoms with van der Waals surface area (Å²) in [6.07, 6.45) is 0. The SMILES string of the molecule is C=C(C)CN(CI)CCI. The second-order valence-electron chi connectivity index (χ2n) is 2.32. The molecule has 0 aliphatic heterocycles. The van der Waals surface area contributed by atoms with Crippen molar-refractivity contribution in [3.63, 3.8) is 0 Å². The lowest BCUT2D eigenvalue weighted by Gasteiger charge is -2.17. The summed E-state index contributed by atoms with van der Waals surface area (Å²) in [6.45, 7) is 8.18. The highest BCUT2D eigenvalue weighted by molar-refractivity contribution is 14.1.